The summed E-state index contributed by atoms with van der Waals surface area (Å²) in [6.07, 6.45) is 1.23. The predicted octanol–water partition coefficient (Wildman–Crippen LogP) is 6.19. The van der Waals surface area contributed by atoms with E-state index < -0.39 is 170 Å². The van der Waals surface area contributed by atoms with Crippen LogP contribution in [0, 0.1) is 0 Å². The minimum atomic E-state index is -6.02. The van der Waals surface area contributed by atoms with Gasteiger partial charge in [-0.2, -0.15) is 43.2 Å². The van der Waals surface area contributed by atoms with E-state index in [2.05, 4.69) is 10.6 Å². The third-order valence-electron chi connectivity index (χ3n) is 13.1. The van der Waals surface area contributed by atoms with Crippen molar-refractivity contribution < 1.29 is 128 Å². The Kier molecular flexibility index (Phi) is 19.8. The minimum Gasteiger partial charge on any atom is -0.508 e. The highest BCUT2D eigenvalue weighted by Gasteiger charge is 2.48. The number of carbonyl (C=O) groups excluding carboxylic acids is 6. The van der Waals surface area contributed by atoms with Crippen molar-refractivity contribution in [3.63, 3.8) is 0 Å². The molecule has 0 aromatic heterocycles. The lowest BCUT2D eigenvalue weighted by molar-refractivity contribution is -0.0435. The van der Waals surface area contributed by atoms with E-state index in [9.17, 15) is 113 Å². The summed E-state index contributed by atoms with van der Waals surface area (Å²) in [6, 6.07) is 17.8. The van der Waals surface area contributed by atoms with Crippen LogP contribution < -0.4 is 20.1 Å². The molecule has 4 unspecified atom stereocenters. The van der Waals surface area contributed by atoms with Gasteiger partial charge >= 0.3 is 43.0 Å². The van der Waals surface area contributed by atoms with E-state index in [1.165, 1.54) is 48.5 Å². The van der Waals surface area contributed by atoms with Crippen molar-refractivity contribution in [3.05, 3.63) is 154 Å². The normalized spacial score (nSPS) is 16.6. The summed E-state index contributed by atoms with van der Waals surface area (Å²) in [5, 5.41) is 86.6. The summed E-state index contributed by atoms with van der Waals surface area (Å²) in [7, 11) is -12.0. The molecule has 25 nitrogen and oxygen atoms in total. The van der Waals surface area contributed by atoms with Crippen molar-refractivity contribution in [1.29, 1.82) is 0 Å². The summed E-state index contributed by atoms with van der Waals surface area (Å²) >= 11 is 0. The van der Waals surface area contributed by atoms with E-state index in [1.807, 2.05) is 0 Å². The third kappa shape index (κ3) is 15.1. The van der Waals surface area contributed by atoms with Crippen LogP contribution in [-0.2, 0) is 29.5 Å². The third-order valence-corrected chi connectivity index (χ3v) is 15.3. The van der Waals surface area contributed by atoms with Crippen LogP contribution in [0.25, 0.3) is 0 Å². The van der Waals surface area contributed by atoms with Gasteiger partial charge in [0.05, 0.1) is 45.7 Å². The first-order chi connectivity index (χ1) is 40.2. The summed E-state index contributed by atoms with van der Waals surface area (Å²) in [5.74, 6) is -12.2. The number of hydrogen-bond donors (Lipinski definition) is 12. The highest BCUT2D eigenvalue weighted by molar-refractivity contribution is 7.93. The number of benzene rings is 6. The van der Waals surface area contributed by atoms with Crippen LogP contribution in [0.4, 0.5) is 37.7 Å². The molecule has 87 heavy (non-hydrogen) atoms. The number of hydrogen-bond acceptors (Lipinski definition) is 20. The molecule has 33 heteroatoms. The number of carbonyl (C=O) groups is 6. The topological polar surface area (TPSA) is 431 Å². The standard InChI is InChI=1S/2C27H23F3N2O10S.H2O/c2*28-27(29,30)43(40,41)32-17-4-1-5-18(34)22(17)24(37)23-19(35)11-14(12-20(23)36)26(39)42-21-6-2-3-16(21)31-25(38)13-7-9-15(33)10-8-13;/h2*1,4-5,7-12,16,21,32-36H,2-3,6H2,(H,31,38);1H2. The smallest absolute Gasteiger partial charge is 0.508 e. The number of sulfonamides is 2. The van der Waals surface area contributed by atoms with Crippen molar-refractivity contribution in [2.75, 3.05) is 9.44 Å². The lowest BCUT2D eigenvalue weighted by Crippen LogP contribution is -2.41. The van der Waals surface area contributed by atoms with Crippen LogP contribution in [0.3, 0.4) is 0 Å². The number of ketones is 2. The number of phenolic OH excluding ortho intramolecular Hbond substituents is 8. The number of phenols is 8. The Morgan fingerprint density at radius 3 is 1.03 bits per heavy atom. The number of ether oxygens (including phenoxy) is 2. The lowest BCUT2D eigenvalue weighted by atomic mass is 9.97. The molecule has 8 rings (SSSR count). The summed E-state index contributed by atoms with van der Waals surface area (Å²) in [5.41, 5.74) is -17.8. The fraction of sp³-hybridized carbons (Fsp3) is 0.222. The molecule has 0 heterocycles. The second-order valence-electron chi connectivity index (χ2n) is 18.9. The van der Waals surface area contributed by atoms with Gasteiger partial charge in [0, 0.05) is 11.1 Å². The zero-order valence-corrected chi connectivity index (χ0v) is 45.6. The molecular weight excluding hydrogens is 1220 g/mol. The largest absolute Gasteiger partial charge is 0.516 e. The number of aromatic hydroxyl groups is 8. The molecule has 6 aromatic carbocycles. The molecule has 2 fully saturated rings. The van der Waals surface area contributed by atoms with Gasteiger partial charge in [0.2, 0.25) is 11.6 Å². The predicted molar refractivity (Wildman–Crippen MR) is 288 cm³/mol. The van der Waals surface area contributed by atoms with Crippen molar-refractivity contribution in [1.82, 2.24) is 10.6 Å². The molecule has 14 N–H and O–H groups in total. The maximum absolute atomic E-state index is 13.1. The van der Waals surface area contributed by atoms with Crippen LogP contribution in [0.5, 0.6) is 46.0 Å². The van der Waals surface area contributed by atoms with Gasteiger partial charge in [-0.1, -0.05) is 12.1 Å². The van der Waals surface area contributed by atoms with E-state index in [0.717, 1.165) is 70.1 Å². The molecule has 2 amide bonds. The summed E-state index contributed by atoms with van der Waals surface area (Å²) in [6.45, 7) is 0. The molecule has 0 radical (unpaired) electrons. The van der Waals surface area contributed by atoms with Gasteiger partial charge in [0.15, 0.2) is 0 Å². The molecular formula is C54H48F6N4O21S2. The first kappa shape index (κ1) is 66.1. The van der Waals surface area contributed by atoms with E-state index in [4.69, 9.17) is 9.47 Å². The first-order valence-corrected chi connectivity index (χ1v) is 27.8. The number of amides is 2. The maximum Gasteiger partial charge on any atom is 0.516 e. The van der Waals surface area contributed by atoms with E-state index in [0.29, 0.717) is 38.5 Å². The second kappa shape index (κ2) is 26.1. The summed E-state index contributed by atoms with van der Waals surface area (Å²) in [4.78, 5) is 77.1. The van der Waals surface area contributed by atoms with Gasteiger partial charge in [-0.15, -0.1) is 0 Å². The Balaban J connectivity index is 0.000000275. The molecule has 0 spiro atoms. The number of anilines is 2. The Labute approximate surface area is 486 Å². The van der Waals surface area contributed by atoms with Crippen LogP contribution in [0.2, 0.25) is 0 Å². The number of rotatable bonds is 16. The van der Waals surface area contributed by atoms with Gasteiger partial charge in [-0.05, 0) is 136 Å². The average molecular weight is 1270 g/mol. The van der Waals surface area contributed by atoms with Gasteiger partial charge in [0.25, 0.3) is 11.8 Å². The van der Waals surface area contributed by atoms with Crippen LogP contribution in [0.1, 0.15) is 112 Å². The highest BCUT2D eigenvalue weighted by atomic mass is 32.2. The van der Waals surface area contributed by atoms with Crippen molar-refractivity contribution in [3.8, 4) is 46.0 Å². The van der Waals surface area contributed by atoms with E-state index >= 15 is 0 Å². The molecule has 0 aliphatic heterocycles. The highest BCUT2D eigenvalue weighted by Crippen LogP contribution is 2.40. The lowest BCUT2D eigenvalue weighted by Gasteiger charge is -2.22. The van der Waals surface area contributed by atoms with Crippen LogP contribution in [0.15, 0.2) is 109 Å². The molecule has 464 valence electrons. The summed E-state index contributed by atoms with van der Waals surface area (Å²) < 4.78 is 137. The Hall–Kier alpha value is -10.0. The number of halogens is 6. The molecule has 2 aliphatic rings. The fourth-order valence-corrected chi connectivity index (χ4v) is 10.1. The van der Waals surface area contributed by atoms with E-state index in [1.54, 1.807) is 0 Å². The maximum atomic E-state index is 13.1. The molecule has 0 bridgehead atoms. The van der Waals surface area contributed by atoms with Gasteiger partial charge in [0.1, 0.15) is 69.3 Å². The minimum absolute atomic E-state index is 0. The number of esters is 2. The monoisotopic (exact) mass is 1270 g/mol. The Morgan fingerprint density at radius 1 is 0.425 bits per heavy atom. The van der Waals surface area contributed by atoms with Gasteiger partial charge in [-0.25, -0.2) is 9.59 Å². The number of alkyl halides is 6. The molecule has 4 atom stereocenters. The zero-order valence-electron chi connectivity index (χ0n) is 44.0. The van der Waals surface area contributed by atoms with Crippen molar-refractivity contribution in [2.45, 2.75) is 73.8 Å². The molecule has 0 saturated heterocycles. The van der Waals surface area contributed by atoms with Crippen molar-refractivity contribution in [2.24, 2.45) is 0 Å². The zero-order chi connectivity index (χ0) is 63.4. The molecule has 6 aromatic rings. The SMILES string of the molecule is O.O=C(NC1CCCC1OC(=O)c1cc(O)c(C(=O)c2c(O)cccc2NS(=O)(=O)C(F)(F)F)c(O)c1)c1ccc(O)cc1.O=C(NC1CCCC1OC(=O)c1cc(O)c(C(=O)c2c(O)cccc2NS(=O)(=O)C(F)(F)F)c(O)c1)c1ccc(O)cc1. The van der Waals surface area contributed by atoms with Gasteiger partial charge in [-0.3, -0.25) is 28.6 Å². The Bertz CT molecular complexity index is 3590. The van der Waals surface area contributed by atoms with Crippen LogP contribution in [-0.4, -0.2) is 134 Å². The van der Waals surface area contributed by atoms with Gasteiger partial charge < -0.3 is 66.4 Å². The molecule has 2 aliphatic carbocycles. The van der Waals surface area contributed by atoms with E-state index in [-0.39, 0.29) is 28.1 Å². The number of nitrogens with one attached hydrogen (secondary N) is 4. The second-order valence-corrected chi connectivity index (χ2v) is 22.3. The first-order valence-electron chi connectivity index (χ1n) is 24.8. The fourth-order valence-electron chi connectivity index (χ4n) is 8.91. The Morgan fingerprint density at radius 2 is 0.736 bits per heavy atom. The quantitative estimate of drug-likeness (QED) is 0.0292. The van der Waals surface area contributed by atoms with Crippen molar-refractivity contribution >= 4 is 66.7 Å². The average Bonchev–Trinajstić information content (AvgIpc) is 1.39. The molecule has 2 saturated carbocycles. The van der Waals surface area contributed by atoms with Crippen LogP contribution >= 0.6 is 0 Å².